The Kier molecular flexibility index (Phi) is 3.85. The number of anilines is 1. The average Bonchev–Trinajstić information content (AvgIpc) is 3.26. The molecule has 0 bridgehead atoms. The van der Waals surface area contributed by atoms with E-state index < -0.39 is 0 Å². The van der Waals surface area contributed by atoms with Crippen LogP contribution in [-0.4, -0.2) is 26.3 Å². The molecule has 27 heavy (non-hydrogen) atoms. The number of pyridine rings is 1. The van der Waals surface area contributed by atoms with Gasteiger partial charge in [-0.25, -0.2) is 0 Å². The smallest absolute Gasteiger partial charge is 0.164 e. The third-order valence-electron chi connectivity index (χ3n) is 5.39. The minimum absolute atomic E-state index is 0.537. The molecule has 3 aromatic rings. The Bertz CT molecular complexity index is 1020. The number of hydrogen-bond donors (Lipinski definition) is 0. The minimum Gasteiger partial charge on any atom is -0.344 e. The van der Waals surface area contributed by atoms with E-state index in [2.05, 4.69) is 86.3 Å². The Balaban J connectivity index is 1.43. The fourth-order valence-electron chi connectivity index (χ4n) is 3.69. The maximum atomic E-state index is 4.39. The summed E-state index contributed by atoms with van der Waals surface area (Å²) < 4.78 is 2.22. The molecule has 0 unspecified atom stereocenters. The number of nitrogens with zero attached hydrogens (tertiary/aromatic N) is 5. The number of rotatable bonds is 4. The van der Waals surface area contributed by atoms with Gasteiger partial charge in [0.2, 0.25) is 0 Å². The minimum atomic E-state index is 0.537. The highest BCUT2D eigenvalue weighted by atomic mass is 15.3. The van der Waals surface area contributed by atoms with E-state index in [1.165, 1.54) is 17.6 Å². The van der Waals surface area contributed by atoms with Crippen LogP contribution in [0.25, 0.3) is 17.0 Å². The largest absolute Gasteiger partial charge is 0.344 e. The van der Waals surface area contributed by atoms with Crippen LogP contribution < -0.4 is 4.90 Å². The van der Waals surface area contributed by atoms with E-state index in [-0.39, 0.29) is 0 Å². The van der Waals surface area contributed by atoms with Gasteiger partial charge in [-0.05, 0) is 53.8 Å². The van der Waals surface area contributed by atoms with E-state index in [4.69, 9.17) is 0 Å². The van der Waals surface area contributed by atoms with Gasteiger partial charge in [0.05, 0.1) is 0 Å². The number of aromatic nitrogens is 4. The van der Waals surface area contributed by atoms with Gasteiger partial charge in [-0.15, -0.1) is 10.2 Å². The van der Waals surface area contributed by atoms with E-state index in [9.17, 15) is 0 Å². The normalized spacial score (nSPS) is 21.2. The maximum Gasteiger partial charge on any atom is 0.164 e. The summed E-state index contributed by atoms with van der Waals surface area (Å²) in [5, 5.41) is 8.55. The van der Waals surface area contributed by atoms with Crippen LogP contribution in [0.15, 0.2) is 73.5 Å². The van der Waals surface area contributed by atoms with Crippen molar-refractivity contribution >= 4 is 11.3 Å². The summed E-state index contributed by atoms with van der Waals surface area (Å²) in [6.45, 7) is 3.10. The second-order valence-electron chi connectivity index (χ2n) is 7.29. The Morgan fingerprint density at radius 1 is 1.07 bits per heavy atom. The fourth-order valence-corrected chi connectivity index (χ4v) is 3.69. The zero-order valence-electron chi connectivity index (χ0n) is 15.2. The SMILES string of the molecule is C[C@H]1C[C@@H]1n1cnnc1-c1cccc(N2C=CC=C(c3ccncc3)C2)c1. The third-order valence-corrected chi connectivity index (χ3v) is 5.39. The van der Waals surface area contributed by atoms with Crippen molar-refractivity contribution in [2.75, 3.05) is 11.4 Å². The monoisotopic (exact) mass is 355 g/mol. The summed E-state index contributed by atoms with van der Waals surface area (Å²) in [5.41, 5.74) is 4.75. The number of hydrogen-bond acceptors (Lipinski definition) is 4. The molecule has 0 N–H and O–H groups in total. The molecule has 2 aliphatic rings. The second kappa shape index (κ2) is 6.50. The van der Waals surface area contributed by atoms with Crippen molar-refractivity contribution in [1.82, 2.24) is 19.7 Å². The van der Waals surface area contributed by atoms with Crippen LogP contribution in [0.4, 0.5) is 5.69 Å². The molecule has 3 heterocycles. The van der Waals surface area contributed by atoms with Crippen LogP contribution in [0.3, 0.4) is 0 Å². The van der Waals surface area contributed by atoms with Gasteiger partial charge in [-0.3, -0.25) is 4.98 Å². The highest BCUT2D eigenvalue weighted by molar-refractivity contribution is 5.75. The molecule has 0 amide bonds. The molecule has 2 aromatic heterocycles. The third kappa shape index (κ3) is 3.05. The summed E-state index contributed by atoms with van der Waals surface area (Å²) in [5.74, 6) is 1.66. The van der Waals surface area contributed by atoms with Crippen molar-refractivity contribution < 1.29 is 0 Å². The number of benzene rings is 1. The quantitative estimate of drug-likeness (QED) is 0.698. The molecule has 2 atom stereocenters. The lowest BCUT2D eigenvalue weighted by atomic mass is 10.0. The predicted molar refractivity (Wildman–Crippen MR) is 107 cm³/mol. The van der Waals surface area contributed by atoms with Crippen LogP contribution in [-0.2, 0) is 0 Å². The van der Waals surface area contributed by atoms with Crippen molar-refractivity contribution in [1.29, 1.82) is 0 Å². The van der Waals surface area contributed by atoms with Crippen molar-refractivity contribution in [2.24, 2.45) is 5.92 Å². The summed E-state index contributed by atoms with van der Waals surface area (Å²) in [7, 11) is 0. The first-order valence-electron chi connectivity index (χ1n) is 9.34. The van der Waals surface area contributed by atoms with Gasteiger partial charge in [0.15, 0.2) is 5.82 Å². The topological polar surface area (TPSA) is 46.8 Å². The molecule has 1 aromatic carbocycles. The molecule has 0 spiro atoms. The zero-order valence-corrected chi connectivity index (χ0v) is 15.2. The highest BCUT2D eigenvalue weighted by Crippen LogP contribution is 2.44. The van der Waals surface area contributed by atoms with Gasteiger partial charge in [0.25, 0.3) is 0 Å². The molecule has 1 aliphatic heterocycles. The maximum absolute atomic E-state index is 4.39. The summed E-state index contributed by atoms with van der Waals surface area (Å²) in [4.78, 5) is 6.38. The highest BCUT2D eigenvalue weighted by Gasteiger charge is 2.36. The van der Waals surface area contributed by atoms with Crippen molar-refractivity contribution in [2.45, 2.75) is 19.4 Å². The molecule has 5 rings (SSSR count). The molecule has 1 fully saturated rings. The van der Waals surface area contributed by atoms with Crippen molar-refractivity contribution in [3.05, 3.63) is 79.0 Å². The molecular weight excluding hydrogens is 334 g/mol. The van der Waals surface area contributed by atoms with Crippen LogP contribution >= 0.6 is 0 Å². The zero-order chi connectivity index (χ0) is 18.2. The van der Waals surface area contributed by atoms with Crippen LogP contribution in [0.5, 0.6) is 0 Å². The molecular formula is C22H21N5. The summed E-state index contributed by atoms with van der Waals surface area (Å²) in [6.07, 6.45) is 13.1. The van der Waals surface area contributed by atoms with Gasteiger partial charge in [0, 0.05) is 42.4 Å². The Morgan fingerprint density at radius 2 is 1.93 bits per heavy atom. The van der Waals surface area contributed by atoms with E-state index in [0.717, 1.165) is 23.6 Å². The van der Waals surface area contributed by atoms with E-state index in [0.29, 0.717) is 12.0 Å². The van der Waals surface area contributed by atoms with E-state index >= 15 is 0 Å². The first kappa shape index (κ1) is 16.0. The first-order valence-corrected chi connectivity index (χ1v) is 9.34. The lowest BCUT2D eigenvalue weighted by Crippen LogP contribution is -2.20. The Labute approximate surface area is 158 Å². The summed E-state index contributed by atoms with van der Waals surface area (Å²) in [6, 6.07) is 13.2. The lowest BCUT2D eigenvalue weighted by molar-refractivity contribution is 0.689. The van der Waals surface area contributed by atoms with Crippen LogP contribution in [0, 0.1) is 5.92 Å². The molecule has 134 valence electrons. The van der Waals surface area contributed by atoms with Gasteiger partial charge in [-0.2, -0.15) is 0 Å². The van der Waals surface area contributed by atoms with Gasteiger partial charge >= 0.3 is 0 Å². The van der Waals surface area contributed by atoms with Crippen molar-refractivity contribution in [3.63, 3.8) is 0 Å². The molecule has 1 saturated carbocycles. The summed E-state index contributed by atoms with van der Waals surface area (Å²) >= 11 is 0. The van der Waals surface area contributed by atoms with E-state index in [1.54, 1.807) is 0 Å². The molecule has 5 nitrogen and oxygen atoms in total. The molecule has 5 heteroatoms. The van der Waals surface area contributed by atoms with Crippen molar-refractivity contribution in [3.8, 4) is 11.4 Å². The van der Waals surface area contributed by atoms with Crippen LogP contribution in [0.1, 0.15) is 24.9 Å². The fraction of sp³-hybridized carbons (Fsp3) is 0.227. The van der Waals surface area contributed by atoms with Gasteiger partial charge in [0.1, 0.15) is 6.33 Å². The second-order valence-corrected chi connectivity index (χ2v) is 7.29. The lowest BCUT2D eigenvalue weighted by Gasteiger charge is -2.25. The molecule has 0 radical (unpaired) electrons. The predicted octanol–water partition coefficient (Wildman–Crippen LogP) is 4.34. The average molecular weight is 355 g/mol. The number of allylic oxidation sites excluding steroid dienone is 2. The van der Waals surface area contributed by atoms with Gasteiger partial charge in [-0.1, -0.05) is 25.1 Å². The van der Waals surface area contributed by atoms with Gasteiger partial charge < -0.3 is 9.47 Å². The molecule has 0 saturated heterocycles. The first-order chi connectivity index (χ1) is 13.3. The molecule has 1 aliphatic carbocycles. The standard InChI is InChI=1S/C22H21N5/c1-16-12-21(16)27-15-24-25-22(27)18-4-2-6-20(13-18)26-11-3-5-19(14-26)17-7-9-23-10-8-17/h2-11,13,15-16,21H,12,14H2,1H3/t16-,21-/m0/s1. The Morgan fingerprint density at radius 3 is 2.74 bits per heavy atom. The van der Waals surface area contributed by atoms with E-state index in [1.807, 2.05) is 18.7 Å². The Hall–Kier alpha value is -3.21. The van der Waals surface area contributed by atoms with Crippen LogP contribution in [0.2, 0.25) is 0 Å².